The van der Waals surface area contributed by atoms with Gasteiger partial charge in [0.05, 0.1) is 0 Å². The minimum atomic E-state index is -0.682. The molecule has 0 amide bonds. The van der Waals surface area contributed by atoms with E-state index in [2.05, 4.69) is 36.9 Å². The fourth-order valence-electron chi connectivity index (χ4n) is 4.61. The van der Waals surface area contributed by atoms with Gasteiger partial charge in [-0.2, -0.15) is 0 Å². The fourth-order valence-corrected chi connectivity index (χ4v) is 5.58. The van der Waals surface area contributed by atoms with Crippen molar-refractivity contribution in [3.63, 3.8) is 0 Å². The minimum absolute atomic E-state index is 0.114. The lowest BCUT2D eigenvalue weighted by Crippen LogP contribution is -2.34. The number of phenols is 1. The third kappa shape index (κ3) is 7.07. The van der Waals surface area contributed by atoms with Crippen molar-refractivity contribution in [2.24, 2.45) is 10.9 Å². The summed E-state index contributed by atoms with van der Waals surface area (Å²) in [6.45, 7) is 5.44. The Labute approximate surface area is 210 Å². The molecule has 1 saturated carbocycles. The first kappa shape index (κ1) is 25.2. The maximum atomic E-state index is 14.7. The van der Waals surface area contributed by atoms with Crippen molar-refractivity contribution in [3.05, 3.63) is 89.0 Å². The second-order valence-corrected chi connectivity index (χ2v) is 10.4. The number of nitrogens with zero attached hydrogens (tertiary/aromatic N) is 2. The molecule has 0 spiro atoms. The molecule has 4 rings (SSSR count). The highest BCUT2D eigenvalue weighted by molar-refractivity contribution is 8.13. The van der Waals surface area contributed by atoms with Crippen LogP contribution in [-0.2, 0) is 6.54 Å². The van der Waals surface area contributed by atoms with E-state index < -0.39 is 11.6 Å². The Morgan fingerprint density at radius 3 is 2.51 bits per heavy atom. The van der Waals surface area contributed by atoms with Gasteiger partial charge in [-0.25, -0.2) is 13.8 Å². The van der Waals surface area contributed by atoms with E-state index in [0.717, 1.165) is 41.5 Å². The predicted octanol–water partition coefficient (Wildman–Crippen LogP) is 8.15. The fraction of sp³-hybridized carbons (Fsp3) is 0.345. The largest absolute Gasteiger partial charge is 0.508 e. The van der Waals surface area contributed by atoms with Crippen molar-refractivity contribution in [3.8, 4) is 5.75 Å². The molecule has 0 saturated heterocycles. The van der Waals surface area contributed by atoms with E-state index >= 15 is 0 Å². The number of benzene rings is 3. The molecule has 3 aromatic carbocycles. The lowest BCUT2D eigenvalue weighted by Gasteiger charge is -2.32. The molecule has 1 aliphatic rings. The molecular formula is C29H32F2N2OS. The number of amidine groups is 1. The van der Waals surface area contributed by atoms with Crippen LogP contribution in [-0.4, -0.2) is 21.7 Å². The molecule has 1 fully saturated rings. The summed E-state index contributed by atoms with van der Waals surface area (Å²) < 4.78 is 28.3. The number of hydrogen-bond acceptors (Lipinski definition) is 3. The van der Waals surface area contributed by atoms with Crippen molar-refractivity contribution in [2.45, 2.75) is 57.4 Å². The van der Waals surface area contributed by atoms with Crippen LogP contribution in [0.25, 0.3) is 0 Å². The van der Waals surface area contributed by atoms with Gasteiger partial charge in [-0.3, -0.25) is 0 Å². The molecule has 0 heterocycles. The summed E-state index contributed by atoms with van der Waals surface area (Å²) in [4.78, 5) is 7.98. The van der Waals surface area contributed by atoms with E-state index in [-0.39, 0.29) is 11.4 Å². The summed E-state index contributed by atoms with van der Waals surface area (Å²) in [5, 5.41) is 10.7. The Morgan fingerprint density at radius 2 is 1.80 bits per heavy atom. The van der Waals surface area contributed by atoms with Gasteiger partial charge in [-0.15, -0.1) is 0 Å². The molecule has 3 nitrogen and oxygen atoms in total. The Balaban J connectivity index is 1.75. The molecule has 1 N–H and O–H groups in total. The van der Waals surface area contributed by atoms with Crippen LogP contribution < -0.4 is 0 Å². The van der Waals surface area contributed by atoms with Crippen molar-refractivity contribution in [1.82, 2.24) is 4.90 Å². The van der Waals surface area contributed by atoms with Crippen molar-refractivity contribution < 1.29 is 13.9 Å². The van der Waals surface area contributed by atoms with Gasteiger partial charge in [0.2, 0.25) is 0 Å². The van der Waals surface area contributed by atoms with Gasteiger partial charge in [-0.1, -0.05) is 60.9 Å². The second-order valence-electron chi connectivity index (χ2n) is 9.42. The minimum Gasteiger partial charge on any atom is -0.508 e. The normalized spacial score (nSPS) is 14.8. The van der Waals surface area contributed by atoms with Crippen LogP contribution in [0, 0.1) is 31.4 Å². The zero-order chi connectivity index (χ0) is 24.8. The molecule has 0 unspecified atom stereocenters. The smallest absolute Gasteiger partial charge is 0.169 e. The van der Waals surface area contributed by atoms with E-state index in [9.17, 15) is 13.9 Å². The van der Waals surface area contributed by atoms with E-state index in [1.54, 1.807) is 12.1 Å². The number of aromatic hydroxyl groups is 1. The Morgan fingerprint density at radius 1 is 1.00 bits per heavy atom. The molecule has 0 bridgehead atoms. The first-order valence-electron chi connectivity index (χ1n) is 12.2. The molecule has 3 aromatic rings. The maximum Gasteiger partial charge on any atom is 0.169 e. The third-order valence-corrected chi connectivity index (χ3v) is 7.63. The summed E-state index contributed by atoms with van der Waals surface area (Å²) in [6.07, 6.45) is 6.01. The van der Waals surface area contributed by atoms with Gasteiger partial charge in [0.25, 0.3) is 0 Å². The molecule has 184 valence electrons. The predicted molar refractivity (Wildman–Crippen MR) is 140 cm³/mol. The number of halogens is 2. The third-order valence-electron chi connectivity index (χ3n) is 6.42. The molecule has 0 aliphatic heterocycles. The number of aliphatic imine (C=N–C) groups is 1. The number of aryl methyl sites for hydroxylation is 2. The van der Waals surface area contributed by atoms with Gasteiger partial charge < -0.3 is 10.0 Å². The maximum absolute atomic E-state index is 14.7. The van der Waals surface area contributed by atoms with Gasteiger partial charge >= 0.3 is 0 Å². The molecule has 1 aliphatic carbocycles. The summed E-state index contributed by atoms with van der Waals surface area (Å²) in [6, 6.07) is 17.0. The average molecular weight is 495 g/mol. The van der Waals surface area contributed by atoms with Crippen molar-refractivity contribution in [1.29, 1.82) is 0 Å². The zero-order valence-corrected chi connectivity index (χ0v) is 21.1. The summed E-state index contributed by atoms with van der Waals surface area (Å²) in [5.74, 6) is -0.572. The Bertz CT molecular complexity index is 1190. The molecule has 35 heavy (non-hydrogen) atoms. The van der Waals surface area contributed by atoms with Gasteiger partial charge in [-0.05, 0) is 74.1 Å². The lowest BCUT2D eigenvalue weighted by molar-refractivity contribution is 0.272. The highest BCUT2D eigenvalue weighted by Gasteiger charge is 2.22. The summed E-state index contributed by atoms with van der Waals surface area (Å²) >= 11 is 1.50. The van der Waals surface area contributed by atoms with Crippen LogP contribution in [0.1, 0.15) is 48.8 Å². The molecule has 0 atom stereocenters. The van der Waals surface area contributed by atoms with Gasteiger partial charge in [0, 0.05) is 24.1 Å². The Kier molecular flexibility index (Phi) is 8.45. The van der Waals surface area contributed by atoms with Gasteiger partial charge in [0.15, 0.2) is 11.0 Å². The van der Waals surface area contributed by atoms with Crippen LogP contribution in [0.3, 0.4) is 0 Å². The van der Waals surface area contributed by atoms with E-state index in [1.165, 1.54) is 48.7 Å². The topological polar surface area (TPSA) is 35.8 Å². The SMILES string of the molecule is Cc1ccc(SC(=Nc2ccc(F)cc2F)N(Cc2cccc(O)c2)CC2CCCCC2)c(C)c1. The van der Waals surface area contributed by atoms with Crippen molar-refractivity contribution in [2.75, 3.05) is 6.54 Å². The molecule has 6 heteroatoms. The van der Waals surface area contributed by atoms with Crippen LogP contribution in [0.15, 0.2) is 70.6 Å². The molecular weight excluding hydrogens is 462 g/mol. The van der Waals surface area contributed by atoms with Crippen LogP contribution in [0.4, 0.5) is 14.5 Å². The quantitative estimate of drug-likeness (QED) is 0.213. The van der Waals surface area contributed by atoms with Crippen LogP contribution >= 0.6 is 11.8 Å². The van der Waals surface area contributed by atoms with Crippen molar-refractivity contribution >= 4 is 22.6 Å². The zero-order valence-electron chi connectivity index (χ0n) is 20.3. The second kappa shape index (κ2) is 11.7. The Hall–Kier alpha value is -2.86. The lowest BCUT2D eigenvalue weighted by atomic mass is 9.89. The van der Waals surface area contributed by atoms with E-state index in [1.807, 2.05) is 12.1 Å². The number of rotatable bonds is 6. The first-order valence-corrected chi connectivity index (χ1v) is 13.0. The van der Waals surface area contributed by atoms with E-state index in [4.69, 9.17) is 4.99 Å². The monoisotopic (exact) mass is 494 g/mol. The molecule has 0 radical (unpaired) electrons. The van der Waals surface area contributed by atoms with Crippen LogP contribution in [0.5, 0.6) is 5.75 Å². The highest BCUT2D eigenvalue weighted by Crippen LogP contribution is 2.32. The van der Waals surface area contributed by atoms with Gasteiger partial charge in [0.1, 0.15) is 17.3 Å². The van der Waals surface area contributed by atoms with E-state index in [0.29, 0.717) is 17.6 Å². The summed E-state index contributed by atoms with van der Waals surface area (Å²) in [5.41, 5.74) is 3.36. The number of phenolic OH excluding ortho intramolecular Hbond substituents is 1. The van der Waals surface area contributed by atoms with Crippen LogP contribution in [0.2, 0.25) is 0 Å². The number of thioether (sulfide) groups is 1. The standard InChI is InChI=1S/C29H32F2N2OS/c1-20-11-14-28(21(2)15-20)35-29(32-27-13-12-24(30)17-26(27)31)33(18-22-7-4-3-5-8-22)19-23-9-6-10-25(34)16-23/h6,9-17,22,34H,3-5,7-8,18-19H2,1-2H3. The average Bonchev–Trinajstić information content (AvgIpc) is 2.82. The number of hydrogen-bond donors (Lipinski definition) is 1. The molecule has 0 aromatic heterocycles. The first-order chi connectivity index (χ1) is 16.9. The highest BCUT2D eigenvalue weighted by atomic mass is 32.2. The summed E-state index contributed by atoms with van der Waals surface area (Å²) in [7, 11) is 0.